The van der Waals surface area contributed by atoms with E-state index in [4.69, 9.17) is 0 Å². The Labute approximate surface area is 147 Å². The van der Waals surface area contributed by atoms with Gasteiger partial charge in [0.15, 0.2) is 9.84 Å². The Morgan fingerprint density at radius 2 is 1.72 bits per heavy atom. The lowest BCUT2D eigenvalue weighted by Crippen LogP contribution is -2.39. The molecule has 1 saturated heterocycles. The van der Waals surface area contributed by atoms with Gasteiger partial charge in [-0.05, 0) is 37.0 Å². The highest BCUT2D eigenvalue weighted by molar-refractivity contribution is 7.90. The summed E-state index contributed by atoms with van der Waals surface area (Å²) in [6.45, 7) is 1.44. The average molecular weight is 362 g/mol. The molecule has 1 aromatic carbocycles. The number of nitrogens with zero attached hydrogens (tertiary/aromatic N) is 4. The fourth-order valence-electron chi connectivity index (χ4n) is 3.07. The maximum absolute atomic E-state index is 12.4. The molecule has 2 aromatic rings. The third kappa shape index (κ3) is 4.45. The zero-order valence-corrected chi connectivity index (χ0v) is 15.0. The molecule has 0 bridgehead atoms. The van der Waals surface area contributed by atoms with Gasteiger partial charge < -0.3 is 4.90 Å². The molecule has 0 aliphatic carbocycles. The van der Waals surface area contributed by atoms with Crippen LogP contribution in [0.5, 0.6) is 0 Å². The second-order valence-electron chi connectivity index (χ2n) is 6.38. The first-order valence-electron chi connectivity index (χ1n) is 8.36. The number of piperidine rings is 1. The van der Waals surface area contributed by atoms with Crippen molar-refractivity contribution in [2.45, 2.75) is 36.6 Å². The molecule has 1 fully saturated rings. The third-order valence-electron chi connectivity index (χ3n) is 4.56. The molecule has 3 rings (SSSR count). The van der Waals surface area contributed by atoms with Crippen LogP contribution in [0.25, 0.3) is 0 Å². The predicted molar refractivity (Wildman–Crippen MR) is 92.7 cm³/mol. The lowest BCUT2D eigenvalue weighted by molar-refractivity contribution is -0.132. The molecule has 1 aliphatic heterocycles. The molecule has 7 nitrogen and oxygen atoms in total. The number of carbonyl (C=O) groups is 1. The molecule has 2 heterocycles. The van der Waals surface area contributed by atoms with Gasteiger partial charge in [-0.1, -0.05) is 12.1 Å². The van der Waals surface area contributed by atoms with Crippen molar-refractivity contribution < 1.29 is 13.2 Å². The van der Waals surface area contributed by atoms with Gasteiger partial charge in [-0.25, -0.2) is 8.42 Å². The number of carbonyl (C=O) groups excluding carboxylic acids is 1. The molecule has 0 unspecified atom stereocenters. The number of hydrogen-bond acceptors (Lipinski definition) is 5. The van der Waals surface area contributed by atoms with Gasteiger partial charge in [-0.3, -0.25) is 4.79 Å². The molecule has 0 radical (unpaired) electrons. The van der Waals surface area contributed by atoms with E-state index in [9.17, 15) is 13.2 Å². The Bertz CT molecular complexity index is 808. The maximum Gasteiger partial charge on any atom is 0.222 e. The van der Waals surface area contributed by atoms with E-state index in [1.54, 1.807) is 41.5 Å². The Morgan fingerprint density at radius 1 is 1.12 bits per heavy atom. The minimum absolute atomic E-state index is 0.138. The molecule has 1 aliphatic rings. The van der Waals surface area contributed by atoms with Gasteiger partial charge in [0.05, 0.1) is 23.3 Å². The molecule has 0 N–H and O–H groups in total. The van der Waals surface area contributed by atoms with Crippen molar-refractivity contribution in [3.05, 3.63) is 42.2 Å². The maximum atomic E-state index is 12.4. The van der Waals surface area contributed by atoms with Gasteiger partial charge in [0.25, 0.3) is 0 Å². The van der Waals surface area contributed by atoms with Crippen LogP contribution in [-0.2, 0) is 21.1 Å². The zero-order valence-electron chi connectivity index (χ0n) is 14.2. The fraction of sp³-hybridized carbons (Fsp3) is 0.471. The average Bonchev–Trinajstić information content (AvgIpc) is 3.14. The lowest BCUT2D eigenvalue weighted by atomic mass is 10.0. The number of rotatable bonds is 5. The molecule has 0 saturated carbocycles. The number of aryl methyl sites for hydroxylation is 1. The monoisotopic (exact) mass is 362 g/mol. The summed E-state index contributed by atoms with van der Waals surface area (Å²) in [6, 6.07) is 7.01. The molecule has 134 valence electrons. The molecule has 8 heteroatoms. The van der Waals surface area contributed by atoms with Crippen LogP contribution in [0.1, 0.15) is 30.9 Å². The van der Waals surface area contributed by atoms with E-state index >= 15 is 0 Å². The molecule has 0 atom stereocenters. The fourth-order valence-corrected chi connectivity index (χ4v) is 3.70. The van der Waals surface area contributed by atoms with Crippen LogP contribution in [0.3, 0.4) is 0 Å². The minimum atomic E-state index is -3.18. The third-order valence-corrected chi connectivity index (χ3v) is 5.69. The first-order valence-corrected chi connectivity index (χ1v) is 10.3. The van der Waals surface area contributed by atoms with Crippen molar-refractivity contribution in [3.63, 3.8) is 0 Å². The van der Waals surface area contributed by atoms with Gasteiger partial charge in [-0.15, -0.1) is 0 Å². The summed E-state index contributed by atoms with van der Waals surface area (Å²) in [5.41, 5.74) is 0.969. The van der Waals surface area contributed by atoms with Crippen LogP contribution in [0.15, 0.2) is 41.6 Å². The predicted octanol–water partition coefficient (Wildman–Crippen LogP) is 1.48. The summed E-state index contributed by atoms with van der Waals surface area (Å²) in [5.74, 6) is 0.138. The number of sulfone groups is 1. The lowest BCUT2D eigenvalue weighted by Gasteiger charge is -2.31. The first-order chi connectivity index (χ1) is 11.9. The summed E-state index contributed by atoms with van der Waals surface area (Å²) in [7, 11) is -3.18. The summed E-state index contributed by atoms with van der Waals surface area (Å²) in [6.07, 6.45) is 7.31. The van der Waals surface area contributed by atoms with E-state index in [1.165, 1.54) is 6.26 Å². The molecule has 1 amide bonds. The van der Waals surface area contributed by atoms with E-state index in [0.717, 1.165) is 31.5 Å². The van der Waals surface area contributed by atoms with Crippen molar-refractivity contribution in [2.24, 2.45) is 0 Å². The van der Waals surface area contributed by atoms with Gasteiger partial charge in [0.1, 0.15) is 0 Å². The van der Waals surface area contributed by atoms with Gasteiger partial charge >= 0.3 is 0 Å². The molecular formula is C17H22N4O3S. The topological polar surface area (TPSA) is 85.2 Å². The smallest absolute Gasteiger partial charge is 0.222 e. The first kappa shape index (κ1) is 17.6. The van der Waals surface area contributed by atoms with E-state index in [2.05, 4.69) is 10.2 Å². The van der Waals surface area contributed by atoms with Crippen molar-refractivity contribution >= 4 is 15.7 Å². The summed E-state index contributed by atoms with van der Waals surface area (Å²) in [4.78, 5) is 16.3. The van der Waals surface area contributed by atoms with E-state index < -0.39 is 9.84 Å². The van der Waals surface area contributed by atoms with E-state index in [-0.39, 0.29) is 11.9 Å². The molecular weight excluding hydrogens is 340 g/mol. The highest BCUT2D eigenvalue weighted by Gasteiger charge is 2.24. The van der Waals surface area contributed by atoms with Crippen LogP contribution < -0.4 is 0 Å². The standard InChI is InChI=1S/C17H22N4O3S/c1-25(23,24)16-5-2-14(3-6-16)4-7-17(22)20-12-8-15(9-13-20)21-18-10-11-19-21/h2-3,5-6,10-11,15H,4,7-9,12-13H2,1H3. The highest BCUT2D eigenvalue weighted by Crippen LogP contribution is 2.21. The van der Waals surface area contributed by atoms with Crippen LogP contribution in [-0.4, -0.2) is 53.6 Å². The van der Waals surface area contributed by atoms with Crippen molar-refractivity contribution in [2.75, 3.05) is 19.3 Å². The number of aromatic nitrogens is 3. The zero-order chi connectivity index (χ0) is 17.9. The summed E-state index contributed by atoms with van der Waals surface area (Å²) >= 11 is 0. The van der Waals surface area contributed by atoms with Gasteiger partial charge in [0.2, 0.25) is 5.91 Å². The van der Waals surface area contributed by atoms with Gasteiger partial charge in [0, 0.05) is 25.8 Å². The SMILES string of the molecule is CS(=O)(=O)c1ccc(CCC(=O)N2CCC(n3nccn3)CC2)cc1. The Hall–Kier alpha value is -2.22. The van der Waals surface area contributed by atoms with Crippen LogP contribution in [0.2, 0.25) is 0 Å². The second-order valence-corrected chi connectivity index (χ2v) is 8.39. The van der Waals surface area contributed by atoms with Gasteiger partial charge in [-0.2, -0.15) is 15.0 Å². The normalized spacial score (nSPS) is 16.1. The Kier molecular flexibility index (Phi) is 5.17. The van der Waals surface area contributed by atoms with Crippen LogP contribution in [0.4, 0.5) is 0 Å². The minimum Gasteiger partial charge on any atom is -0.343 e. The largest absolute Gasteiger partial charge is 0.343 e. The van der Waals surface area contributed by atoms with E-state index in [0.29, 0.717) is 17.7 Å². The van der Waals surface area contributed by atoms with Crippen LogP contribution >= 0.6 is 0 Å². The number of likely N-dealkylation sites (tertiary alicyclic amines) is 1. The molecule has 25 heavy (non-hydrogen) atoms. The molecule has 1 aromatic heterocycles. The Morgan fingerprint density at radius 3 is 2.28 bits per heavy atom. The van der Waals surface area contributed by atoms with Crippen molar-refractivity contribution in [1.29, 1.82) is 0 Å². The molecule has 0 spiro atoms. The van der Waals surface area contributed by atoms with Crippen molar-refractivity contribution in [1.82, 2.24) is 19.9 Å². The van der Waals surface area contributed by atoms with E-state index in [1.807, 2.05) is 4.90 Å². The van der Waals surface area contributed by atoms with Crippen LogP contribution in [0, 0.1) is 0 Å². The second kappa shape index (κ2) is 7.35. The Balaban J connectivity index is 1.48. The number of amides is 1. The van der Waals surface area contributed by atoms with Crippen molar-refractivity contribution in [3.8, 4) is 0 Å². The summed E-state index contributed by atoms with van der Waals surface area (Å²) < 4.78 is 22.9. The summed E-state index contributed by atoms with van der Waals surface area (Å²) in [5, 5.41) is 8.34. The number of hydrogen-bond donors (Lipinski definition) is 0. The highest BCUT2D eigenvalue weighted by atomic mass is 32.2. The quantitative estimate of drug-likeness (QED) is 0.804. The number of benzene rings is 1.